The van der Waals surface area contributed by atoms with Crippen LogP contribution in [0.1, 0.15) is 25.3 Å². The number of thioether (sulfide) groups is 1. The van der Waals surface area contributed by atoms with Crippen LogP contribution in [-0.4, -0.2) is 48.2 Å². The average Bonchev–Trinajstić information content (AvgIpc) is 2.79. The van der Waals surface area contributed by atoms with Gasteiger partial charge in [-0.05, 0) is 43.2 Å². The third-order valence-electron chi connectivity index (χ3n) is 4.95. The van der Waals surface area contributed by atoms with Crippen molar-refractivity contribution < 1.29 is 19.1 Å². The molecule has 2 atom stereocenters. The summed E-state index contributed by atoms with van der Waals surface area (Å²) in [7, 11) is 0. The van der Waals surface area contributed by atoms with Crippen LogP contribution in [-0.2, 0) is 20.8 Å². The predicted octanol–water partition coefficient (Wildman–Crippen LogP) is 2.27. The Morgan fingerprint density at radius 1 is 1.09 bits per heavy atom. The zero-order valence-corrected chi connectivity index (χ0v) is 19.5. The number of rotatable bonds is 11. The number of hydrogen-bond acceptors (Lipinski definition) is 6. The van der Waals surface area contributed by atoms with Gasteiger partial charge in [-0.1, -0.05) is 30.3 Å². The van der Waals surface area contributed by atoms with Crippen LogP contribution < -0.4 is 26.0 Å². The largest absolute Gasteiger partial charge is 0.494 e. The summed E-state index contributed by atoms with van der Waals surface area (Å²) in [6.07, 6.45) is 1.19. The minimum atomic E-state index is -0.431. The van der Waals surface area contributed by atoms with E-state index in [4.69, 9.17) is 4.74 Å². The van der Waals surface area contributed by atoms with Crippen LogP contribution in [0.3, 0.4) is 0 Å². The molecule has 176 valence electrons. The molecule has 0 aromatic heterocycles. The molecule has 33 heavy (non-hydrogen) atoms. The monoisotopic (exact) mass is 470 g/mol. The number of ether oxygens (including phenoxy) is 1. The van der Waals surface area contributed by atoms with Crippen LogP contribution in [0.4, 0.5) is 5.69 Å². The van der Waals surface area contributed by atoms with Crippen molar-refractivity contribution in [1.82, 2.24) is 16.0 Å². The number of hydrogen-bond donors (Lipinski definition) is 4. The summed E-state index contributed by atoms with van der Waals surface area (Å²) in [5.41, 5.74) is 1.40. The van der Waals surface area contributed by atoms with E-state index in [0.717, 1.165) is 17.7 Å². The van der Waals surface area contributed by atoms with Crippen LogP contribution in [0, 0.1) is 0 Å². The summed E-state index contributed by atoms with van der Waals surface area (Å²) in [4.78, 5) is 36.6. The molecule has 2 unspecified atom stereocenters. The normalized spacial score (nSPS) is 17.7. The van der Waals surface area contributed by atoms with E-state index in [1.54, 1.807) is 24.3 Å². The molecule has 3 rings (SSSR count). The van der Waals surface area contributed by atoms with Crippen LogP contribution in [0.5, 0.6) is 5.75 Å². The van der Waals surface area contributed by atoms with Crippen molar-refractivity contribution in [3.63, 3.8) is 0 Å². The Morgan fingerprint density at radius 3 is 2.58 bits per heavy atom. The van der Waals surface area contributed by atoms with Crippen molar-refractivity contribution in [3.8, 4) is 5.75 Å². The molecule has 1 aliphatic heterocycles. The minimum Gasteiger partial charge on any atom is -0.494 e. The van der Waals surface area contributed by atoms with E-state index in [1.165, 1.54) is 11.8 Å². The van der Waals surface area contributed by atoms with Gasteiger partial charge < -0.3 is 20.7 Å². The molecule has 0 radical (unpaired) electrons. The second-order valence-electron chi connectivity index (χ2n) is 7.62. The van der Waals surface area contributed by atoms with Crippen molar-refractivity contribution >= 4 is 35.2 Å². The quantitative estimate of drug-likeness (QED) is 0.401. The zero-order chi connectivity index (χ0) is 23.5. The van der Waals surface area contributed by atoms with Gasteiger partial charge in [0, 0.05) is 31.1 Å². The first-order valence-electron chi connectivity index (χ1n) is 11.0. The van der Waals surface area contributed by atoms with E-state index in [0.29, 0.717) is 18.8 Å². The molecule has 8 nitrogen and oxygen atoms in total. The number of anilines is 1. The molecule has 0 spiro atoms. The van der Waals surface area contributed by atoms with E-state index in [-0.39, 0.29) is 42.4 Å². The molecule has 2 aromatic carbocycles. The highest BCUT2D eigenvalue weighted by Crippen LogP contribution is 2.17. The molecule has 2 aromatic rings. The summed E-state index contributed by atoms with van der Waals surface area (Å²) in [5.74, 6) is 0.478. The third-order valence-corrected chi connectivity index (χ3v) is 5.97. The predicted molar refractivity (Wildman–Crippen MR) is 130 cm³/mol. The highest BCUT2D eigenvalue weighted by Gasteiger charge is 2.28. The second-order valence-corrected chi connectivity index (χ2v) is 8.71. The Morgan fingerprint density at radius 2 is 1.85 bits per heavy atom. The minimum absolute atomic E-state index is 0.102. The molecular formula is C24H30N4O4S. The van der Waals surface area contributed by atoms with Gasteiger partial charge in [-0.2, -0.15) is 0 Å². The molecule has 1 aliphatic rings. The lowest BCUT2D eigenvalue weighted by atomic mass is 10.1. The first-order chi connectivity index (χ1) is 16.0. The zero-order valence-electron chi connectivity index (χ0n) is 18.6. The molecule has 0 saturated carbocycles. The Kier molecular flexibility index (Phi) is 9.59. The summed E-state index contributed by atoms with van der Waals surface area (Å²) in [6, 6.07) is 16.8. The van der Waals surface area contributed by atoms with Gasteiger partial charge >= 0.3 is 0 Å². The maximum absolute atomic E-state index is 12.3. The third kappa shape index (κ3) is 8.78. The number of nitrogens with one attached hydrogen (secondary N) is 4. The fraction of sp³-hybridized carbons (Fsp3) is 0.375. The van der Waals surface area contributed by atoms with Gasteiger partial charge in [0.2, 0.25) is 17.7 Å². The van der Waals surface area contributed by atoms with Gasteiger partial charge in [0.25, 0.3) is 0 Å². The van der Waals surface area contributed by atoms with E-state index >= 15 is 0 Å². The van der Waals surface area contributed by atoms with E-state index in [1.807, 2.05) is 37.3 Å². The number of amides is 3. The summed E-state index contributed by atoms with van der Waals surface area (Å²) in [6.45, 7) is 3.04. The Bertz CT molecular complexity index is 924. The van der Waals surface area contributed by atoms with Crippen molar-refractivity contribution in [3.05, 3.63) is 60.2 Å². The lowest BCUT2D eigenvalue weighted by Gasteiger charge is -2.30. The molecule has 4 N–H and O–H groups in total. The van der Waals surface area contributed by atoms with Crippen LogP contribution in [0.2, 0.25) is 0 Å². The lowest BCUT2D eigenvalue weighted by Crippen LogP contribution is -2.56. The van der Waals surface area contributed by atoms with Gasteiger partial charge in [-0.3, -0.25) is 19.7 Å². The summed E-state index contributed by atoms with van der Waals surface area (Å²) >= 11 is 1.27. The highest BCUT2D eigenvalue weighted by atomic mass is 32.2. The number of benzene rings is 2. The van der Waals surface area contributed by atoms with Gasteiger partial charge in [0.15, 0.2) is 0 Å². The van der Waals surface area contributed by atoms with Crippen LogP contribution >= 0.6 is 11.8 Å². The standard InChI is InChI=1S/C24H30N4O4S/c1-2-32-20-10-8-18(9-11-20)26-23(31)16-33-24-27-19(15-22(30)28-24)14-21(29)25-13-12-17-6-4-3-5-7-17/h3-11,19,24,27H,2,12-16H2,1H3,(H,25,29)(H,26,31)(H,28,30). The van der Waals surface area contributed by atoms with E-state index in [2.05, 4.69) is 21.3 Å². The van der Waals surface area contributed by atoms with Crippen molar-refractivity contribution in [1.29, 1.82) is 0 Å². The SMILES string of the molecule is CCOc1ccc(NC(=O)CSC2NC(=O)CC(CC(=O)NCCc3ccccc3)N2)cc1. The number of carbonyl (C=O) groups excluding carboxylic acids is 3. The van der Waals surface area contributed by atoms with E-state index in [9.17, 15) is 14.4 Å². The molecule has 1 fully saturated rings. The molecule has 3 amide bonds. The number of carbonyl (C=O) groups is 3. The lowest BCUT2D eigenvalue weighted by molar-refractivity contribution is -0.125. The fourth-order valence-corrected chi connectivity index (χ4v) is 4.30. The van der Waals surface area contributed by atoms with Gasteiger partial charge in [0.1, 0.15) is 11.2 Å². The molecule has 0 aliphatic carbocycles. The maximum atomic E-state index is 12.3. The van der Waals surface area contributed by atoms with Crippen molar-refractivity contribution in [2.45, 2.75) is 37.7 Å². The van der Waals surface area contributed by atoms with Crippen LogP contribution in [0.25, 0.3) is 0 Å². The molecule has 9 heteroatoms. The van der Waals surface area contributed by atoms with Gasteiger partial charge in [0.05, 0.1) is 12.4 Å². The summed E-state index contributed by atoms with van der Waals surface area (Å²) < 4.78 is 5.39. The molecule has 1 saturated heterocycles. The van der Waals surface area contributed by atoms with Crippen molar-refractivity contribution in [2.75, 3.05) is 24.2 Å². The van der Waals surface area contributed by atoms with Crippen molar-refractivity contribution in [2.24, 2.45) is 0 Å². The highest BCUT2D eigenvalue weighted by molar-refractivity contribution is 8.00. The average molecular weight is 471 g/mol. The second kappa shape index (κ2) is 12.9. The molecule has 1 heterocycles. The Balaban J connectivity index is 1.38. The smallest absolute Gasteiger partial charge is 0.234 e. The fourth-order valence-electron chi connectivity index (χ4n) is 3.41. The molecule has 0 bridgehead atoms. The van der Waals surface area contributed by atoms with Crippen LogP contribution in [0.15, 0.2) is 54.6 Å². The topological polar surface area (TPSA) is 109 Å². The summed E-state index contributed by atoms with van der Waals surface area (Å²) in [5, 5.41) is 11.8. The Labute approximate surface area is 198 Å². The molecular weight excluding hydrogens is 440 g/mol. The van der Waals surface area contributed by atoms with E-state index < -0.39 is 5.50 Å². The Hall–Kier alpha value is -3.04. The first-order valence-corrected chi connectivity index (χ1v) is 12.1. The van der Waals surface area contributed by atoms with Gasteiger partial charge in [-0.25, -0.2) is 0 Å². The van der Waals surface area contributed by atoms with Gasteiger partial charge in [-0.15, -0.1) is 11.8 Å². The first kappa shape index (κ1) is 24.6. The maximum Gasteiger partial charge on any atom is 0.234 e.